The predicted octanol–water partition coefficient (Wildman–Crippen LogP) is 5.25. The van der Waals surface area contributed by atoms with Gasteiger partial charge in [0.2, 0.25) is 6.10 Å². The molecule has 5 nitrogen and oxygen atoms in total. The van der Waals surface area contributed by atoms with Gasteiger partial charge < -0.3 is 9.47 Å². The Morgan fingerprint density at radius 2 is 1.64 bits per heavy atom. The Morgan fingerprint density at radius 1 is 0.970 bits per heavy atom. The third kappa shape index (κ3) is 4.09. The number of hydrogen-bond acceptors (Lipinski definition) is 5. The monoisotopic (exact) mass is 472 g/mol. The molecule has 186 valence electrons. The van der Waals surface area contributed by atoms with Gasteiger partial charge in [0.25, 0.3) is 0 Å². The quantitative estimate of drug-likeness (QED) is 0.525. The van der Waals surface area contributed by atoms with Crippen molar-refractivity contribution in [2.24, 2.45) is 40.4 Å². The summed E-state index contributed by atoms with van der Waals surface area (Å²) in [6.45, 7) is 6.66. The number of ether oxygens (including phenoxy) is 2. The number of hydrogen-bond donors (Lipinski definition) is 0. The maximum Gasteiger partial charge on any atom is 0.426 e. The second kappa shape index (κ2) is 8.26. The third-order valence-electron chi connectivity index (χ3n) is 9.79. The van der Waals surface area contributed by atoms with Crippen LogP contribution in [-0.2, 0) is 23.9 Å². The second-order valence-electron chi connectivity index (χ2n) is 11.4. The molecule has 33 heavy (non-hydrogen) atoms. The van der Waals surface area contributed by atoms with Crippen LogP contribution in [0.2, 0.25) is 0 Å². The molecule has 0 aromatic rings. The Hall–Kier alpha value is -1.60. The Labute approximate surface area is 193 Å². The van der Waals surface area contributed by atoms with E-state index in [-0.39, 0.29) is 42.2 Å². The first kappa shape index (κ1) is 24.5. The van der Waals surface area contributed by atoms with Crippen LogP contribution in [0.1, 0.15) is 79.1 Å². The van der Waals surface area contributed by atoms with Gasteiger partial charge >= 0.3 is 18.1 Å². The molecule has 8 heteroatoms. The van der Waals surface area contributed by atoms with Crippen molar-refractivity contribution < 1.29 is 37.0 Å². The molecule has 0 aliphatic heterocycles. The summed E-state index contributed by atoms with van der Waals surface area (Å²) in [6.07, 6.45) is -1.75. The Bertz CT molecular complexity index is 825. The van der Waals surface area contributed by atoms with Gasteiger partial charge in [0.1, 0.15) is 11.9 Å². The molecule has 9 atom stereocenters. The van der Waals surface area contributed by atoms with Crippen molar-refractivity contribution in [3.05, 3.63) is 0 Å². The Kier molecular flexibility index (Phi) is 6.14. The first-order valence-electron chi connectivity index (χ1n) is 12.2. The SMILES string of the molecule is CC(=O)OC(C1C[C@@]2(C)[C@@H](CC[C@@H]3[C@@H]2CC[C@]2(C)[C@@H](OC(C)=O)CC[C@@H]32)CC1=O)C(F)(F)F. The lowest BCUT2D eigenvalue weighted by molar-refractivity contribution is -0.240. The van der Waals surface area contributed by atoms with Crippen molar-refractivity contribution in [1.29, 1.82) is 0 Å². The van der Waals surface area contributed by atoms with Crippen molar-refractivity contribution in [2.75, 3.05) is 0 Å². The number of fused-ring (bicyclic) bond motifs is 5. The lowest BCUT2D eigenvalue weighted by atomic mass is 9.44. The molecular weight excluding hydrogens is 437 g/mol. The van der Waals surface area contributed by atoms with E-state index in [4.69, 9.17) is 4.74 Å². The summed E-state index contributed by atoms with van der Waals surface area (Å²) in [4.78, 5) is 35.9. The van der Waals surface area contributed by atoms with Crippen LogP contribution in [0, 0.1) is 40.4 Å². The molecule has 2 unspecified atom stereocenters. The van der Waals surface area contributed by atoms with Crippen LogP contribution in [0.5, 0.6) is 0 Å². The molecule has 0 saturated heterocycles. The first-order valence-corrected chi connectivity index (χ1v) is 12.2. The summed E-state index contributed by atoms with van der Waals surface area (Å²) in [5.41, 5.74) is -0.516. The van der Waals surface area contributed by atoms with Crippen molar-refractivity contribution >= 4 is 17.7 Å². The Morgan fingerprint density at radius 3 is 2.24 bits per heavy atom. The van der Waals surface area contributed by atoms with Crippen molar-refractivity contribution in [3.8, 4) is 0 Å². The maximum atomic E-state index is 13.8. The molecule has 0 spiro atoms. The van der Waals surface area contributed by atoms with E-state index in [9.17, 15) is 27.6 Å². The van der Waals surface area contributed by atoms with Crippen LogP contribution >= 0.6 is 0 Å². The van der Waals surface area contributed by atoms with Crippen molar-refractivity contribution in [1.82, 2.24) is 0 Å². The summed E-state index contributed by atoms with van der Waals surface area (Å²) < 4.78 is 51.8. The molecule has 0 radical (unpaired) electrons. The first-order chi connectivity index (χ1) is 15.3. The van der Waals surface area contributed by atoms with Gasteiger partial charge in [-0.1, -0.05) is 13.8 Å². The van der Waals surface area contributed by atoms with Gasteiger partial charge in [0.15, 0.2) is 0 Å². The smallest absolute Gasteiger partial charge is 0.426 e. The van der Waals surface area contributed by atoms with Gasteiger partial charge in [0.05, 0.1) is 5.92 Å². The third-order valence-corrected chi connectivity index (χ3v) is 9.79. The van der Waals surface area contributed by atoms with E-state index in [1.165, 1.54) is 6.92 Å². The van der Waals surface area contributed by atoms with Crippen molar-refractivity contribution in [2.45, 2.75) is 97.4 Å². The van der Waals surface area contributed by atoms with Crippen LogP contribution in [0.15, 0.2) is 0 Å². The predicted molar refractivity (Wildman–Crippen MR) is 113 cm³/mol. The minimum Gasteiger partial charge on any atom is -0.462 e. The molecule has 0 heterocycles. The zero-order chi connectivity index (χ0) is 24.3. The van der Waals surface area contributed by atoms with E-state index in [1.807, 2.05) is 0 Å². The molecule has 4 aliphatic rings. The molecule has 4 rings (SSSR count). The molecule has 0 aromatic carbocycles. The van der Waals surface area contributed by atoms with Gasteiger partial charge in [-0.15, -0.1) is 0 Å². The van der Waals surface area contributed by atoms with E-state index in [0.29, 0.717) is 11.8 Å². The maximum absolute atomic E-state index is 13.8. The highest BCUT2D eigenvalue weighted by Gasteiger charge is 2.64. The molecule has 0 aromatic heterocycles. The molecule has 4 fully saturated rings. The zero-order valence-electron chi connectivity index (χ0n) is 19.9. The molecule has 0 bridgehead atoms. The van der Waals surface area contributed by atoms with Crippen LogP contribution in [0.4, 0.5) is 13.2 Å². The number of carbonyl (C=O) groups excluding carboxylic acids is 3. The van der Waals surface area contributed by atoms with Gasteiger partial charge in [-0.25, -0.2) is 0 Å². The number of alkyl halides is 3. The average Bonchev–Trinajstić information content (AvgIpc) is 3.01. The summed E-state index contributed by atoms with van der Waals surface area (Å²) in [5.74, 6) is -2.09. The number of carbonyl (C=O) groups is 3. The lowest BCUT2D eigenvalue weighted by Gasteiger charge is -2.61. The molecule has 0 amide bonds. The van der Waals surface area contributed by atoms with Gasteiger partial charge in [-0.05, 0) is 74.0 Å². The number of esters is 2. The standard InChI is InChI=1S/C25H35F3O5/c1-13(29)32-21-8-7-18-16-6-5-15-11-20(31)17(22(25(26,27)28)33-14(2)30)12-24(15,4)19(16)9-10-23(18,21)3/h15-19,21-22H,5-12H2,1-4H3/t15-,16-,17?,18-,19-,21-,22?,23-,24-/m0/s1. The van der Waals surface area contributed by atoms with Gasteiger partial charge in [-0.3, -0.25) is 14.4 Å². The van der Waals surface area contributed by atoms with E-state index in [0.717, 1.165) is 45.4 Å². The highest BCUT2D eigenvalue weighted by atomic mass is 19.4. The molecular formula is C25H35F3O5. The highest BCUT2D eigenvalue weighted by molar-refractivity contribution is 5.83. The fourth-order valence-corrected chi connectivity index (χ4v) is 8.35. The molecule has 4 saturated carbocycles. The molecule has 4 aliphatic carbocycles. The normalized spacial score (nSPS) is 43.7. The van der Waals surface area contributed by atoms with Crippen LogP contribution in [0.25, 0.3) is 0 Å². The summed E-state index contributed by atoms with van der Waals surface area (Å²) in [6, 6.07) is 0. The minimum absolute atomic E-state index is 0.0590. The number of ketones is 1. The van der Waals surface area contributed by atoms with Gasteiger partial charge in [0, 0.05) is 25.7 Å². The van der Waals surface area contributed by atoms with E-state index in [1.54, 1.807) is 0 Å². The fraction of sp³-hybridized carbons (Fsp3) is 0.880. The lowest BCUT2D eigenvalue weighted by Crippen LogP contribution is -2.58. The zero-order valence-corrected chi connectivity index (χ0v) is 19.9. The molecule has 0 N–H and O–H groups in total. The largest absolute Gasteiger partial charge is 0.462 e. The van der Waals surface area contributed by atoms with Crippen LogP contribution in [0.3, 0.4) is 0 Å². The fourth-order valence-electron chi connectivity index (χ4n) is 8.35. The number of Topliss-reactive ketones (excluding diaryl/α,β-unsaturated/α-hetero) is 1. The van der Waals surface area contributed by atoms with Crippen LogP contribution < -0.4 is 0 Å². The van der Waals surface area contributed by atoms with Crippen molar-refractivity contribution in [3.63, 3.8) is 0 Å². The van der Waals surface area contributed by atoms with E-state index < -0.39 is 35.4 Å². The topological polar surface area (TPSA) is 69.7 Å². The number of rotatable bonds is 3. The summed E-state index contributed by atoms with van der Waals surface area (Å²) in [7, 11) is 0. The minimum atomic E-state index is -4.78. The van der Waals surface area contributed by atoms with Gasteiger partial charge in [-0.2, -0.15) is 13.2 Å². The van der Waals surface area contributed by atoms with Crippen LogP contribution in [-0.4, -0.2) is 36.1 Å². The van der Waals surface area contributed by atoms with E-state index >= 15 is 0 Å². The van der Waals surface area contributed by atoms with E-state index in [2.05, 4.69) is 18.6 Å². The number of halogens is 3. The second-order valence-corrected chi connectivity index (χ2v) is 11.4. The Balaban J connectivity index is 1.61. The summed E-state index contributed by atoms with van der Waals surface area (Å²) >= 11 is 0. The average molecular weight is 473 g/mol. The summed E-state index contributed by atoms with van der Waals surface area (Å²) in [5, 5.41) is 0. The highest BCUT2D eigenvalue weighted by Crippen LogP contribution is 2.67.